The van der Waals surface area contributed by atoms with E-state index in [2.05, 4.69) is 10.3 Å². The Morgan fingerprint density at radius 2 is 1.92 bits per heavy atom. The molecule has 2 fully saturated rings. The Hall–Kier alpha value is -2.24. The molecule has 2 aromatic rings. The van der Waals surface area contributed by atoms with Gasteiger partial charge in [-0.05, 0) is 36.8 Å². The standard InChI is InChI=1S/C19H24N4O2/c24-18(22-11-9-14-5-1-2-6-15(14)13-22)10-12-23-19(25)16-7-3-4-8-17(16)20-21-23/h3-4,7-8,14-15H,1-2,5-6,9-13H2/t14-,15+/m1/s1. The number of hydrogen-bond donors (Lipinski definition) is 0. The highest BCUT2D eigenvalue weighted by atomic mass is 16.2. The Balaban J connectivity index is 1.40. The van der Waals surface area contributed by atoms with E-state index >= 15 is 0 Å². The van der Waals surface area contributed by atoms with Gasteiger partial charge in [-0.3, -0.25) is 9.59 Å². The maximum absolute atomic E-state index is 12.6. The van der Waals surface area contributed by atoms with Gasteiger partial charge in [-0.15, -0.1) is 5.10 Å². The number of aromatic nitrogens is 3. The molecule has 0 unspecified atom stereocenters. The number of likely N-dealkylation sites (tertiary alicyclic amines) is 1. The molecule has 25 heavy (non-hydrogen) atoms. The van der Waals surface area contributed by atoms with Crippen LogP contribution in [0.4, 0.5) is 0 Å². The molecule has 1 saturated carbocycles. The fourth-order valence-corrected chi connectivity index (χ4v) is 4.36. The largest absolute Gasteiger partial charge is 0.342 e. The van der Waals surface area contributed by atoms with E-state index in [1.54, 1.807) is 12.1 Å². The van der Waals surface area contributed by atoms with E-state index in [4.69, 9.17) is 0 Å². The van der Waals surface area contributed by atoms with Crippen LogP contribution in [0.25, 0.3) is 10.9 Å². The van der Waals surface area contributed by atoms with Crippen LogP contribution in [0.5, 0.6) is 0 Å². The number of fused-ring (bicyclic) bond motifs is 2. The Kier molecular flexibility index (Phi) is 4.51. The number of rotatable bonds is 3. The third-order valence-corrected chi connectivity index (χ3v) is 5.81. The average molecular weight is 340 g/mol. The van der Waals surface area contributed by atoms with Crippen molar-refractivity contribution in [3.8, 4) is 0 Å². The first kappa shape index (κ1) is 16.2. The van der Waals surface area contributed by atoms with Gasteiger partial charge in [0.2, 0.25) is 5.91 Å². The Bertz CT molecular complexity index is 832. The van der Waals surface area contributed by atoms with E-state index in [-0.39, 0.29) is 11.5 Å². The molecule has 0 bridgehead atoms. The van der Waals surface area contributed by atoms with Crippen molar-refractivity contribution >= 4 is 16.8 Å². The molecule has 6 heteroatoms. The van der Waals surface area contributed by atoms with Gasteiger partial charge < -0.3 is 4.90 Å². The lowest BCUT2D eigenvalue weighted by atomic mass is 9.75. The zero-order chi connectivity index (χ0) is 17.2. The van der Waals surface area contributed by atoms with Gasteiger partial charge in [0, 0.05) is 19.5 Å². The highest BCUT2D eigenvalue weighted by molar-refractivity contribution is 5.77. The van der Waals surface area contributed by atoms with Crippen LogP contribution < -0.4 is 5.56 Å². The molecule has 2 atom stereocenters. The van der Waals surface area contributed by atoms with Crippen molar-refractivity contribution in [3.05, 3.63) is 34.6 Å². The summed E-state index contributed by atoms with van der Waals surface area (Å²) >= 11 is 0. The van der Waals surface area contributed by atoms with E-state index in [0.29, 0.717) is 29.8 Å². The molecule has 2 aliphatic rings. The molecule has 0 spiro atoms. The topological polar surface area (TPSA) is 68.1 Å². The summed E-state index contributed by atoms with van der Waals surface area (Å²) in [7, 11) is 0. The van der Waals surface area contributed by atoms with Crippen LogP contribution in [0.3, 0.4) is 0 Å². The zero-order valence-corrected chi connectivity index (χ0v) is 14.4. The minimum absolute atomic E-state index is 0.130. The molecule has 4 rings (SSSR count). The normalized spacial score (nSPS) is 23.4. The number of aryl methyl sites for hydroxylation is 1. The van der Waals surface area contributed by atoms with Gasteiger partial charge in [0.1, 0.15) is 5.52 Å². The quantitative estimate of drug-likeness (QED) is 0.859. The van der Waals surface area contributed by atoms with E-state index < -0.39 is 0 Å². The van der Waals surface area contributed by atoms with Crippen molar-refractivity contribution in [2.24, 2.45) is 11.8 Å². The Morgan fingerprint density at radius 3 is 2.80 bits per heavy atom. The van der Waals surface area contributed by atoms with Crippen LogP contribution in [0, 0.1) is 11.8 Å². The van der Waals surface area contributed by atoms with Gasteiger partial charge in [-0.25, -0.2) is 4.68 Å². The molecule has 0 radical (unpaired) electrons. The highest BCUT2D eigenvalue weighted by Gasteiger charge is 2.32. The molecule has 1 aromatic carbocycles. The molecular formula is C19H24N4O2. The van der Waals surface area contributed by atoms with Crippen LogP contribution >= 0.6 is 0 Å². The Morgan fingerprint density at radius 1 is 1.12 bits per heavy atom. The molecular weight excluding hydrogens is 316 g/mol. The number of carbonyl (C=O) groups is 1. The maximum Gasteiger partial charge on any atom is 0.277 e. The summed E-state index contributed by atoms with van der Waals surface area (Å²) in [5.74, 6) is 1.62. The van der Waals surface area contributed by atoms with Gasteiger partial charge >= 0.3 is 0 Å². The van der Waals surface area contributed by atoms with Crippen molar-refractivity contribution in [1.29, 1.82) is 0 Å². The zero-order valence-electron chi connectivity index (χ0n) is 14.4. The molecule has 132 valence electrons. The summed E-state index contributed by atoms with van der Waals surface area (Å²) in [6, 6.07) is 7.17. The fourth-order valence-electron chi connectivity index (χ4n) is 4.36. The first-order valence-corrected chi connectivity index (χ1v) is 9.32. The Labute approximate surface area is 146 Å². The summed E-state index contributed by atoms with van der Waals surface area (Å²) in [5, 5.41) is 8.60. The van der Waals surface area contributed by atoms with Crippen LogP contribution in [0.1, 0.15) is 38.5 Å². The summed E-state index contributed by atoms with van der Waals surface area (Å²) in [6.45, 7) is 2.04. The second-order valence-corrected chi connectivity index (χ2v) is 7.32. The number of piperidine rings is 1. The highest BCUT2D eigenvalue weighted by Crippen LogP contribution is 2.36. The molecule has 1 aromatic heterocycles. The summed E-state index contributed by atoms with van der Waals surface area (Å²) in [5.41, 5.74) is 0.416. The number of carbonyl (C=O) groups excluding carboxylic acids is 1. The lowest BCUT2D eigenvalue weighted by Crippen LogP contribution is -2.45. The van der Waals surface area contributed by atoms with Crippen molar-refractivity contribution in [2.75, 3.05) is 13.1 Å². The van der Waals surface area contributed by atoms with Crippen LogP contribution in [0.15, 0.2) is 29.1 Å². The van der Waals surface area contributed by atoms with E-state index in [9.17, 15) is 9.59 Å². The van der Waals surface area contributed by atoms with Gasteiger partial charge in [0.25, 0.3) is 5.56 Å². The summed E-state index contributed by atoms with van der Waals surface area (Å²) in [4.78, 5) is 27.0. The lowest BCUT2D eigenvalue weighted by molar-refractivity contribution is -0.134. The minimum atomic E-state index is -0.176. The summed E-state index contributed by atoms with van der Waals surface area (Å²) < 4.78 is 1.31. The molecule has 1 saturated heterocycles. The fraction of sp³-hybridized carbons (Fsp3) is 0.579. The molecule has 1 aliphatic carbocycles. The maximum atomic E-state index is 12.6. The smallest absolute Gasteiger partial charge is 0.277 e. The van der Waals surface area contributed by atoms with Crippen LogP contribution in [0.2, 0.25) is 0 Å². The third-order valence-electron chi connectivity index (χ3n) is 5.81. The SMILES string of the molecule is O=C(CCn1nnc2ccccc2c1=O)N1CC[C@H]2CCCC[C@H]2C1. The average Bonchev–Trinajstić information content (AvgIpc) is 2.67. The second kappa shape index (κ2) is 6.94. The van der Waals surface area contributed by atoms with Gasteiger partial charge in [0.05, 0.1) is 11.9 Å². The summed E-state index contributed by atoms with van der Waals surface area (Å²) in [6.07, 6.45) is 6.67. The van der Waals surface area contributed by atoms with Gasteiger partial charge in [0.15, 0.2) is 0 Å². The van der Waals surface area contributed by atoms with Gasteiger partial charge in [-0.1, -0.05) is 36.6 Å². The van der Waals surface area contributed by atoms with Crippen molar-refractivity contribution in [2.45, 2.75) is 45.1 Å². The molecule has 6 nitrogen and oxygen atoms in total. The van der Waals surface area contributed by atoms with E-state index in [1.165, 1.54) is 30.4 Å². The predicted octanol–water partition coefficient (Wildman–Crippen LogP) is 2.22. The third kappa shape index (κ3) is 3.30. The number of hydrogen-bond acceptors (Lipinski definition) is 4. The van der Waals surface area contributed by atoms with Crippen molar-refractivity contribution < 1.29 is 4.79 Å². The number of nitrogens with zero attached hydrogens (tertiary/aromatic N) is 4. The van der Waals surface area contributed by atoms with Crippen LogP contribution in [-0.2, 0) is 11.3 Å². The monoisotopic (exact) mass is 340 g/mol. The molecule has 1 aliphatic heterocycles. The van der Waals surface area contributed by atoms with Crippen LogP contribution in [-0.4, -0.2) is 38.9 Å². The lowest BCUT2D eigenvalue weighted by Gasteiger charge is -2.41. The molecule has 1 amide bonds. The van der Waals surface area contributed by atoms with Gasteiger partial charge in [-0.2, -0.15) is 0 Å². The van der Waals surface area contributed by atoms with E-state index in [1.807, 2.05) is 17.0 Å². The number of benzene rings is 1. The van der Waals surface area contributed by atoms with E-state index in [0.717, 1.165) is 25.4 Å². The number of amides is 1. The first-order chi connectivity index (χ1) is 12.2. The molecule has 0 N–H and O–H groups in total. The van der Waals surface area contributed by atoms with Crippen molar-refractivity contribution in [1.82, 2.24) is 19.9 Å². The first-order valence-electron chi connectivity index (χ1n) is 9.32. The predicted molar refractivity (Wildman–Crippen MR) is 95.1 cm³/mol. The second-order valence-electron chi connectivity index (χ2n) is 7.32. The minimum Gasteiger partial charge on any atom is -0.342 e. The van der Waals surface area contributed by atoms with Crippen molar-refractivity contribution in [3.63, 3.8) is 0 Å². The molecule has 2 heterocycles.